The van der Waals surface area contributed by atoms with Gasteiger partial charge < -0.3 is 5.11 Å². The molecule has 0 saturated carbocycles. The number of hydrogen-bond acceptors (Lipinski definition) is 4. The Kier molecular flexibility index (Phi) is 2.05. The van der Waals surface area contributed by atoms with Crippen LogP contribution in [0.5, 0.6) is 5.75 Å². The van der Waals surface area contributed by atoms with E-state index < -0.39 is 11.8 Å². The van der Waals surface area contributed by atoms with Crippen LogP contribution in [0.4, 0.5) is 0 Å². The summed E-state index contributed by atoms with van der Waals surface area (Å²) in [6, 6.07) is 4.24. The fourth-order valence-corrected chi connectivity index (χ4v) is 1.66. The van der Waals surface area contributed by atoms with Crippen LogP contribution in [-0.2, 0) is 16.1 Å². The number of carbonyl (C=O) groups excluding carboxylic acids is 2. The van der Waals surface area contributed by atoms with Gasteiger partial charge >= 0.3 is 0 Å². The first-order valence-corrected chi connectivity index (χ1v) is 4.26. The van der Waals surface area contributed by atoms with Crippen LogP contribution in [0, 0.1) is 0 Å². The van der Waals surface area contributed by atoms with Gasteiger partial charge in [-0.2, -0.15) is 0 Å². The van der Waals surface area contributed by atoms with Gasteiger partial charge in [0.2, 0.25) is 5.78 Å². The molecule has 1 atom stereocenters. The molecule has 0 saturated heterocycles. The molecule has 0 aromatic heterocycles. The Morgan fingerprint density at radius 2 is 2.36 bits per heavy atom. The number of hydrogen-bond donors (Lipinski definition) is 2. The van der Waals surface area contributed by atoms with Crippen LogP contribution in [0.1, 0.15) is 17.2 Å². The first kappa shape index (κ1) is 8.90. The van der Waals surface area contributed by atoms with Crippen LogP contribution < -0.4 is 5.32 Å². The van der Waals surface area contributed by atoms with Crippen molar-refractivity contribution in [2.45, 2.75) is 12.6 Å². The minimum atomic E-state index is -0.588. The third-order valence-corrected chi connectivity index (χ3v) is 2.34. The van der Waals surface area contributed by atoms with Gasteiger partial charge in [0.1, 0.15) is 5.75 Å². The summed E-state index contributed by atoms with van der Waals surface area (Å²) in [6.45, 7) is 0.555. The summed E-state index contributed by atoms with van der Waals surface area (Å²) >= 11 is 0. The van der Waals surface area contributed by atoms with Crippen LogP contribution in [0.2, 0.25) is 0 Å². The lowest BCUT2D eigenvalue weighted by Crippen LogP contribution is -2.22. The Hall–Kier alpha value is -1.68. The van der Waals surface area contributed by atoms with Gasteiger partial charge in [-0.05, 0) is 23.3 Å². The van der Waals surface area contributed by atoms with Gasteiger partial charge in [-0.15, -0.1) is 0 Å². The second-order valence-electron chi connectivity index (χ2n) is 3.22. The molecule has 0 bridgehead atoms. The van der Waals surface area contributed by atoms with E-state index in [-0.39, 0.29) is 5.75 Å². The monoisotopic (exact) mass is 191 g/mol. The maximum Gasteiger partial charge on any atom is 0.216 e. The maximum atomic E-state index is 11.2. The topological polar surface area (TPSA) is 66.4 Å². The van der Waals surface area contributed by atoms with Gasteiger partial charge in [-0.25, -0.2) is 0 Å². The van der Waals surface area contributed by atoms with Gasteiger partial charge in [0.05, 0.1) is 6.04 Å². The molecule has 1 unspecified atom stereocenters. The lowest BCUT2D eigenvalue weighted by molar-refractivity contribution is -0.131. The summed E-state index contributed by atoms with van der Waals surface area (Å²) in [5, 5.41) is 12.1. The van der Waals surface area contributed by atoms with E-state index in [2.05, 4.69) is 5.32 Å². The number of phenols is 1. The van der Waals surface area contributed by atoms with E-state index in [1.807, 2.05) is 0 Å². The van der Waals surface area contributed by atoms with Gasteiger partial charge in [0, 0.05) is 6.54 Å². The SMILES string of the molecule is O=CC(=O)C1NCc2ccc(O)cc21. The number of benzene rings is 1. The van der Waals surface area contributed by atoms with Crippen molar-refractivity contribution in [2.75, 3.05) is 0 Å². The molecule has 0 spiro atoms. The average Bonchev–Trinajstić information content (AvgIpc) is 2.59. The highest BCUT2D eigenvalue weighted by atomic mass is 16.3. The number of rotatable bonds is 2. The highest BCUT2D eigenvalue weighted by Gasteiger charge is 2.27. The minimum Gasteiger partial charge on any atom is -0.508 e. The van der Waals surface area contributed by atoms with Gasteiger partial charge in [-0.1, -0.05) is 6.07 Å². The molecule has 2 N–H and O–H groups in total. The van der Waals surface area contributed by atoms with E-state index in [1.165, 1.54) is 6.07 Å². The summed E-state index contributed by atoms with van der Waals surface area (Å²) in [6.07, 6.45) is 0.302. The second-order valence-corrected chi connectivity index (χ2v) is 3.22. The fraction of sp³-hybridized carbons (Fsp3) is 0.200. The van der Waals surface area contributed by atoms with Crippen molar-refractivity contribution in [3.05, 3.63) is 29.3 Å². The first-order chi connectivity index (χ1) is 6.72. The number of aromatic hydroxyl groups is 1. The van der Waals surface area contributed by atoms with E-state index in [9.17, 15) is 14.7 Å². The maximum absolute atomic E-state index is 11.2. The highest BCUT2D eigenvalue weighted by Crippen LogP contribution is 2.28. The van der Waals surface area contributed by atoms with Gasteiger partial charge in [-0.3, -0.25) is 14.9 Å². The van der Waals surface area contributed by atoms with Crippen LogP contribution in [0.25, 0.3) is 0 Å². The predicted octanol–water partition coefficient (Wildman–Crippen LogP) is 0.304. The third kappa shape index (κ3) is 1.29. The normalized spacial score (nSPS) is 19.0. The summed E-state index contributed by atoms with van der Waals surface area (Å²) in [5.41, 5.74) is 1.64. The largest absolute Gasteiger partial charge is 0.508 e. The molecule has 0 amide bonds. The predicted molar refractivity (Wildman–Crippen MR) is 48.8 cm³/mol. The molecule has 1 aliphatic rings. The molecule has 1 aliphatic heterocycles. The smallest absolute Gasteiger partial charge is 0.216 e. The third-order valence-electron chi connectivity index (χ3n) is 2.34. The number of nitrogens with one attached hydrogen (secondary N) is 1. The molecule has 1 aromatic rings. The molecule has 4 nitrogen and oxygen atoms in total. The van der Waals surface area contributed by atoms with E-state index in [0.29, 0.717) is 18.4 Å². The number of fused-ring (bicyclic) bond motifs is 1. The molecule has 14 heavy (non-hydrogen) atoms. The summed E-state index contributed by atoms with van der Waals surface area (Å²) < 4.78 is 0. The van der Waals surface area contributed by atoms with Crippen molar-refractivity contribution in [2.24, 2.45) is 0 Å². The average molecular weight is 191 g/mol. The zero-order chi connectivity index (χ0) is 10.1. The van der Waals surface area contributed by atoms with Crippen LogP contribution >= 0.6 is 0 Å². The number of aldehydes is 1. The molecule has 1 heterocycles. The lowest BCUT2D eigenvalue weighted by atomic mass is 10.0. The Labute approximate surface area is 80.6 Å². The molecule has 72 valence electrons. The summed E-state index contributed by atoms with van der Waals surface area (Å²) in [5.74, 6) is -0.398. The van der Waals surface area contributed by atoms with E-state index in [4.69, 9.17) is 0 Å². The number of ketones is 1. The zero-order valence-corrected chi connectivity index (χ0v) is 7.36. The van der Waals surface area contributed by atoms with Gasteiger partial charge in [0.15, 0.2) is 6.29 Å². The molecule has 2 rings (SSSR count). The fourth-order valence-electron chi connectivity index (χ4n) is 1.66. The van der Waals surface area contributed by atoms with E-state index >= 15 is 0 Å². The van der Waals surface area contributed by atoms with Crippen molar-refractivity contribution in [3.8, 4) is 5.75 Å². The van der Waals surface area contributed by atoms with Crippen LogP contribution in [-0.4, -0.2) is 17.2 Å². The molecular weight excluding hydrogens is 182 g/mol. The summed E-state index contributed by atoms with van der Waals surface area (Å²) in [4.78, 5) is 21.5. The Morgan fingerprint density at radius 1 is 1.57 bits per heavy atom. The van der Waals surface area contributed by atoms with Gasteiger partial charge in [0.25, 0.3) is 0 Å². The minimum absolute atomic E-state index is 0.108. The van der Waals surface area contributed by atoms with Crippen LogP contribution in [0.15, 0.2) is 18.2 Å². The standard InChI is InChI=1S/C10H9NO3/c12-5-9(14)10-8-3-7(13)2-1-6(8)4-11-10/h1-3,5,10-11,13H,4H2. The highest BCUT2D eigenvalue weighted by molar-refractivity contribution is 6.27. The molecular formula is C10H9NO3. The van der Waals surface area contributed by atoms with Crippen molar-refractivity contribution in [1.29, 1.82) is 0 Å². The quantitative estimate of drug-likeness (QED) is 0.521. The number of carbonyl (C=O) groups is 2. The Balaban J connectivity index is 2.42. The second kappa shape index (κ2) is 3.23. The Bertz CT molecular complexity index is 400. The first-order valence-electron chi connectivity index (χ1n) is 4.26. The molecule has 0 radical (unpaired) electrons. The summed E-state index contributed by atoms with van der Waals surface area (Å²) in [7, 11) is 0. The van der Waals surface area contributed by atoms with Crippen LogP contribution in [0.3, 0.4) is 0 Å². The number of phenolic OH excluding ortho intramolecular Hbond substituents is 1. The van der Waals surface area contributed by atoms with Crippen molar-refractivity contribution >= 4 is 12.1 Å². The molecule has 1 aromatic carbocycles. The Morgan fingerprint density at radius 3 is 3.07 bits per heavy atom. The zero-order valence-electron chi connectivity index (χ0n) is 7.36. The van der Waals surface area contributed by atoms with Crippen molar-refractivity contribution in [3.63, 3.8) is 0 Å². The van der Waals surface area contributed by atoms with E-state index in [0.717, 1.165) is 5.56 Å². The van der Waals surface area contributed by atoms with Crippen molar-refractivity contribution in [1.82, 2.24) is 5.32 Å². The molecule has 0 aliphatic carbocycles. The molecule has 0 fully saturated rings. The molecule has 4 heteroatoms. The van der Waals surface area contributed by atoms with E-state index in [1.54, 1.807) is 12.1 Å². The lowest BCUT2D eigenvalue weighted by Gasteiger charge is -2.06. The van der Waals surface area contributed by atoms with Crippen molar-refractivity contribution < 1.29 is 14.7 Å². The number of Topliss-reactive ketones (excluding diaryl/α,β-unsaturated/α-hetero) is 1.